The number of hydrogen-bond donors (Lipinski definition) is 1. The monoisotopic (exact) mass is 276 g/mol. The highest BCUT2D eigenvalue weighted by Gasteiger charge is 2.25. The van der Waals surface area contributed by atoms with Crippen LogP contribution in [-0.2, 0) is 4.79 Å². The van der Waals surface area contributed by atoms with E-state index in [0.29, 0.717) is 18.8 Å². The second-order valence-electron chi connectivity index (χ2n) is 5.15. The molecule has 2 rings (SSSR count). The van der Waals surface area contributed by atoms with Crippen molar-refractivity contribution in [3.05, 3.63) is 29.8 Å². The Labute approximate surface area is 118 Å². The number of aliphatic carboxylic acids is 1. The number of nitrogens with zero attached hydrogens (tertiary/aromatic N) is 2. The molecule has 5 heteroatoms. The number of urea groups is 1. The van der Waals surface area contributed by atoms with Crippen molar-refractivity contribution in [2.45, 2.75) is 26.2 Å². The van der Waals surface area contributed by atoms with Crippen LogP contribution in [0.3, 0.4) is 0 Å². The summed E-state index contributed by atoms with van der Waals surface area (Å²) in [7, 11) is 0. The highest BCUT2D eigenvalue weighted by atomic mass is 16.4. The largest absolute Gasteiger partial charge is 0.480 e. The molecule has 1 saturated heterocycles. The van der Waals surface area contributed by atoms with Crippen molar-refractivity contribution in [2.75, 3.05) is 24.5 Å². The molecule has 0 spiro atoms. The van der Waals surface area contributed by atoms with Crippen molar-refractivity contribution >= 4 is 17.7 Å². The van der Waals surface area contributed by atoms with Crippen LogP contribution < -0.4 is 4.90 Å². The molecule has 1 aliphatic rings. The van der Waals surface area contributed by atoms with Crippen molar-refractivity contribution in [1.82, 2.24) is 4.90 Å². The molecule has 2 amide bonds. The lowest BCUT2D eigenvalue weighted by atomic mass is 10.1. The van der Waals surface area contributed by atoms with Crippen LogP contribution in [0.15, 0.2) is 24.3 Å². The summed E-state index contributed by atoms with van der Waals surface area (Å²) in [6, 6.07) is 7.14. The molecule has 0 aromatic heterocycles. The Morgan fingerprint density at radius 2 is 1.75 bits per heavy atom. The molecule has 1 aromatic rings. The number of piperidine rings is 1. The second-order valence-corrected chi connectivity index (χ2v) is 5.15. The van der Waals surface area contributed by atoms with Gasteiger partial charge in [-0.2, -0.15) is 0 Å². The van der Waals surface area contributed by atoms with E-state index >= 15 is 0 Å². The molecule has 108 valence electrons. The molecule has 0 radical (unpaired) electrons. The zero-order valence-electron chi connectivity index (χ0n) is 11.7. The van der Waals surface area contributed by atoms with Gasteiger partial charge in [0, 0.05) is 18.8 Å². The molecule has 1 N–H and O–H groups in total. The molecule has 0 saturated carbocycles. The number of anilines is 1. The van der Waals surface area contributed by atoms with E-state index in [-0.39, 0.29) is 12.6 Å². The third-order valence-electron chi connectivity index (χ3n) is 3.50. The first kappa shape index (κ1) is 14.4. The number of carboxylic acids is 1. The number of carbonyl (C=O) groups is 2. The number of likely N-dealkylation sites (tertiary alicyclic amines) is 1. The van der Waals surface area contributed by atoms with E-state index in [4.69, 9.17) is 5.11 Å². The first-order chi connectivity index (χ1) is 9.58. The molecule has 1 fully saturated rings. The van der Waals surface area contributed by atoms with Crippen molar-refractivity contribution < 1.29 is 14.7 Å². The second kappa shape index (κ2) is 6.41. The Hall–Kier alpha value is -2.04. The Morgan fingerprint density at radius 3 is 2.30 bits per heavy atom. The maximum atomic E-state index is 12.5. The highest BCUT2D eigenvalue weighted by Crippen LogP contribution is 2.19. The summed E-state index contributed by atoms with van der Waals surface area (Å²) in [5.41, 5.74) is 1.71. The molecular formula is C15H20N2O3. The number of benzene rings is 1. The van der Waals surface area contributed by atoms with Crippen LogP contribution in [0.5, 0.6) is 0 Å². The van der Waals surface area contributed by atoms with Gasteiger partial charge in [0.25, 0.3) is 0 Å². The van der Waals surface area contributed by atoms with Gasteiger partial charge in [-0.25, -0.2) is 4.79 Å². The maximum absolute atomic E-state index is 12.5. The predicted molar refractivity (Wildman–Crippen MR) is 77.0 cm³/mol. The number of carbonyl (C=O) groups excluding carboxylic acids is 1. The van der Waals surface area contributed by atoms with Gasteiger partial charge in [-0.3, -0.25) is 9.69 Å². The number of carboxylic acid groups (broad SMARTS) is 1. The summed E-state index contributed by atoms with van der Waals surface area (Å²) in [4.78, 5) is 26.6. The van der Waals surface area contributed by atoms with Gasteiger partial charge in [0.05, 0.1) is 0 Å². The third kappa shape index (κ3) is 3.50. The minimum absolute atomic E-state index is 0.212. The van der Waals surface area contributed by atoms with E-state index in [9.17, 15) is 9.59 Å². The van der Waals surface area contributed by atoms with Crippen LogP contribution in [-0.4, -0.2) is 41.6 Å². The van der Waals surface area contributed by atoms with Crippen molar-refractivity contribution in [1.29, 1.82) is 0 Å². The van der Waals surface area contributed by atoms with Crippen molar-refractivity contribution in [2.24, 2.45) is 0 Å². The lowest BCUT2D eigenvalue weighted by molar-refractivity contribution is -0.135. The zero-order chi connectivity index (χ0) is 14.5. The van der Waals surface area contributed by atoms with Gasteiger partial charge >= 0.3 is 12.0 Å². The minimum atomic E-state index is -1.00. The zero-order valence-corrected chi connectivity index (χ0v) is 11.7. The fourth-order valence-electron chi connectivity index (χ4n) is 2.39. The first-order valence-corrected chi connectivity index (χ1v) is 6.93. The van der Waals surface area contributed by atoms with Gasteiger partial charge in [-0.05, 0) is 38.3 Å². The number of amides is 2. The topological polar surface area (TPSA) is 60.9 Å². The molecule has 1 aliphatic heterocycles. The lowest BCUT2D eigenvalue weighted by Crippen LogP contribution is -2.47. The van der Waals surface area contributed by atoms with E-state index in [1.807, 2.05) is 19.1 Å². The lowest BCUT2D eigenvalue weighted by Gasteiger charge is -2.32. The fourth-order valence-corrected chi connectivity index (χ4v) is 2.39. The average molecular weight is 276 g/mol. The van der Waals surface area contributed by atoms with Gasteiger partial charge < -0.3 is 10.0 Å². The molecule has 1 aromatic carbocycles. The predicted octanol–water partition coefficient (Wildman–Crippen LogP) is 2.49. The molecule has 0 bridgehead atoms. The van der Waals surface area contributed by atoms with Gasteiger partial charge in [-0.1, -0.05) is 17.7 Å². The van der Waals surface area contributed by atoms with Gasteiger partial charge in [-0.15, -0.1) is 0 Å². The standard InChI is InChI=1S/C15H20N2O3/c1-12-5-7-13(8-6-12)17(11-14(18)19)15(20)16-9-3-2-4-10-16/h5-8H,2-4,9-11H2,1H3,(H,18,19). The van der Waals surface area contributed by atoms with Gasteiger partial charge in [0.15, 0.2) is 0 Å². The summed E-state index contributed by atoms with van der Waals surface area (Å²) in [5, 5.41) is 9.03. The Balaban J connectivity index is 2.19. The van der Waals surface area contributed by atoms with Crippen molar-refractivity contribution in [3.63, 3.8) is 0 Å². The smallest absolute Gasteiger partial charge is 0.325 e. The maximum Gasteiger partial charge on any atom is 0.325 e. The van der Waals surface area contributed by atoms with E-state index in [0.717, 1.165) is 24.8 Å². The van der Waals surface area contributed by atoms with Crippen LogP contribution in [0.4, 0.5) is 10.5 Å². The van der Waals surface area contributed by atoms with E-state index < -0.39 is 5.97 Å². The Morgan fingerprint density at radius 1 is 1.15 bits per heavy atom. The van der Waals surface area contributed by atoms with Gasteiger partial charge in [0.2, 0.25) is 0 Å². The molecule has 0 unspecified atom stereocenters. The molecule has 5 nitrogen and oxygen atoms in total. The highest BCUT2D eigenvalue weighted by molar-refractivity contribution is 5.96. The Bertz CT molecular complexity index is 478. The van der Waals surface area contributed by atoms with E-state index in [1.165, 1.54) is 4.90 Å². The van der Waals surface area contributed by atoms with Crippen LogP contribution in [0.2, 0.25) is 0 Å². The molecule has 1 heterocycles. The molecule has 0 atom stereocenters. The molecule has 20 heavy (non-hydrogen) atoms. The fraction of sp³-hybridized carbons (Fsp3) is 0.467. The molecular weight excluding hydrogens is 256 g/mol. The average Bonchev–Trinajstić information content (AvgIpc) is 2.46. The summed E-state index contributed by atoms with van der Waals surface area (Å²) < 4.78 is 0. The van der Waals surface area contributed by atoms with Crippen LogP contribution in [0.25, 0.3) is 0 Å². The third-order valence-corrected chi connectivity index (χ3v) is 3.50. The van der Waals surface area contributed by atoms with Crippen LogP contribution >= 0.6 is 0 Å². The Kier molecular flexibility index (Phi) is 4.61. The number of aryl methyl sites for hydroxylation is 1. The van der Waals surface area contributed by atoms with Crippen LogP contribution in [0, 0.1) is 6.92 Å². The number of hydrogen-bond acceptors (Lipinski definition) is 2. The summed E-state index contributed by atoms with van der Waals surface area (Å²) in [6.07, 6.45) is 3.11. The summed E-state index contributed by atoms with van der Waals surface area (Å²) >= 11 is 0. The normalized spacial score (nSPS) is 14.9. The van der Waals surface area contributed by atoms with Gasteiger partial charge in [0.1, 0.15) is 6.54 Å². The van der Waals surface area contributed by atoms with E-state index in [2.05, 4.69) is 0 Å². The molecule has 0 aliphatic carbocycles. The van der Waals surface area contributed by atoms with E-state index in [1.54, 1.807) is 17.0 Å². The quantitative estimate of drug-likeness (QED) is 0.922. The first-order valence-electron chi connectivity index (χ1n) is 6.93. The number of rotatable bonds is 3. The summed E-state index contributed by atoms with van der Waals surface area (Å²) in [5.74, 6) is -1.00. The van der Waals surface area contributed by atoms with Crippen molar-refractivity contribution in [3.8, 4) is 0 Å². The SMILES string of the molecule is Cc1ccc(N(CC(=O)O)C(=O)N2CCCCC2)cc1. The van der Waals surface area contributed by atoms with Crippen LogP contribution in [0.1, 0.15) is 24.8 Å². The summed E-state index contributed by atoms with van der Waals surface area (Å²) in [6.45, 7) is 3.07. The minimum Gasteiger partial charge on any atom is -0.480 e.